The second-order valence-electron chi connectivity index (χ2n) is 6.61. The molecule has 3 rings (SSSR count). The van der Waals surface area contributed by atoms with Gasteiger partial charge in [0.2, 0.25) is 0 Å². The summed E-state index contributed by atoms with van der Waals surface area (Å²) in [7, 11) is 3.08. The summed E-state index contributed by atoms with van der Waals surface area (Å²) in [5.74, 6) is -0.399. The zero-order valence-corrected chi connectivity index (χ0v) is 15.7. The fourth-order valence-electron chi connectivity index (χ4n) is 3.44. The lowest BCUT2D eigenvalue weighted by Gasteiger charge is -2.16. The van der Waals surface area contributed by atoms with Gasteiger partial charge in [0, 0.05) is 18.8 Å². The first kappa shape index (κ1) is 18.9. The number of carbonyl (C=O) groups excluding carboxylic acids is 2. The standard InChI is InChI=1S/C19H24N4O4/c1-11(24)17(12-6-14(26-2)8-15(7-12)27-3)18-16(19(20)25)10-23(22-18)13-4-5-21-9-13/h6-8,10,13,17,21H,4-5,9H2,1-3H3,(H2,20,25). The average molecular weight is 372 g/mol. The van der Waals surface area contributed by atoms with Crippen LogP contribution in [0.4, 0.5) is 0 Å². The van der Waals surface area contributed by atoms with Crippen molar-refractivity contribution in [3.05, 3.63) is 41.2 Å². The summed E-state index contributed by atoms with van der Waals surface area (Å²) in [5.41, 5.74) is 6.83. The van der Waals surface area contributed by atoms with E-state index in [0.29, 0.717) is 22.8 Å². The van der Waals surface area contributed by atoms with E-state index in [-0.39, 0.29) is 17.4 Å². The lowest BCUT2D eigenvalue weighted by atomic mass is 9.89. The number of ketones is 1. The van der Waals surface area contributed by atoms with Crippen LogP contribution in [0.1, 0.15) is 46.9 Å². The molecule has 144 valence electrons. The number of rotatable bonds is 7. The van der Waals surface area contributed by atoms with E-state index < -0.39 is 11.8 Å². The fraction of sp³-hybridized carbons (Fsp3) is 0.421. The van der Waals surface area contributed by atoms with E-state index in [0.717, 1.165) is 19.5 Å². The van der Waals surface area contributed by atoms with Crippen LogP contribution in [0.25, 0.3) is 0 Å². The lowest BCUT2D eigenvalue weighted by Crippen LogP contribution is -2.19. The second kappa shape index (κ2) is 7.79. The number of primary amides is 1. The van der Waals surface area contributed by atoms with Crippen molar-refractivity contribution in [1.29, 1.82) is 0 Å². The van der Waals surface area contributed by atoms with Gasteiger partial charge >= 0.3 is 0 Å². The number of aromatic nitrogens is 2. The topological polar surface area (TPSA) is 108 Å². The predicted molar refractivity (Wildman–Crippen MR) is 99.3 cm³/mol. The largest absolute Gasteiger partial charge is 0.497 e. The molecule has 0 radical (unpaired) electrons. The molecule has 1 amide bonds. The van der Waals surface area contributed by atoms with Gasteiger partial charge in [0.05, 0.1) is 37.4 Å². The molecule has 27 heavy (non-hydrogen) atoms. The molecule has 1 aromatic carbocycles. The normalized spacial score (nSPS) is 17.5. The van der Waals surface area contributed by atoms with Crippen LogP contribution in [0, 0.1) is 0 Å². The number of nitrogens with zero attached hydrogens (tertiary/aromatic N) is 2. The van der Waals surface area contributed by atoms with Gasteiger partial charge in [-0.25, -0.2) is 0 Å². The van der Waals surface area contributed by atoms with Gasteiger partial charge in [-0.05, 0) is 37.6 Å². The van der Waals surface area contributed by atoms with Gasteiger partial charge in [0.15, 0.2) is 0 Å². The maximum Gasteiger partial charge on any atom is 0.252 e. The zero-order chi connectivity index (χ0) is 19.6. The van der Waals surface area contributed by atoms with Crippen LogP contribution < -0.4 is 20.5 Å². The van der Waals surface area contributed by atoms with Crippen molar-refractivity contribution < 1.29 is 19.1 Å². The third-order valence-corrected chi connectivity index (χ3v) is 4.82. The smallest absolute Gasteiger partial charge is 0.252 e. The third-order valence-electron chi connectivity index (χ3n) is 4.82. The Labute approximate surface area is 157 Å². The Morgan fingerprint density at radius 3 is 2.41 bits per heavy atom. The van der Waals surface area contributed by atoms with E-state index in [9.17, 15) is 9.59 Å². The van der Waals surface area contributed by atoms with Crippen LogP contribution >= 0.6 is 0 Å². The first-order valence-electron chi connectivity index (χ1n) is 8.77. The lowest BCUT2D eigenvalue weighted by molar-refractivity contribution is -0.117. The van der Waals surface area contributed by atoms with Crippen molar-refractivity contribution in [1.82, 2.24) is 15.1 Å². The first-order chi connectivity index (χ1) is 12.9. The molecule has 0 spiro atoms. The highest BCUT2D eigenvalue weighted by molar-refractivity contribution is 5.97. The highest BCUT2D eigenvalue weighted by atomic mass is 16.5. The van der Waals surface area contributed by atoms with Gasteiger partial charge < -0.3 is 20.5 Å². The maximum atomic E-state index is 12.6. The molecule has 2 unspecified atom stereocenters. The number of carbonyl (C=O) groups is 2. The second-order valence-corrected chi connectivity index (χ2v) is 6.61. The van der Waals surface area contributed by atoms with Gasteiger partial charge in [-0.3, -0.25) is 14.3 Å². The summed E-state index contributed by atoms with van der Waals surface area (Å²) in [6, 6.07) is 5.34. The Kier molecular flexibility index (Phi) is 5.46. The molecule has 2 heterocycles. The summed E-state index contributed by atoms with van der Waals surface area (Å²) in [5, 5.41) is 7.86. The molecule has 1 fully saturated rings. The summed E-state index contributed by atoms with van der Waals surface area (Å²) >= 11 is 0. The number of benzene rings is 1. The molecule has 0 saturated carbocycles. The van der Waals surface area contributed by atoms with Gasteiger partial charge in [0.25, 0.3) is 5.91 Å². The Hall–Kier alpha value is -2.87. The number of amides is 1. The minimum Gasteiger partial charge on any atom is -0.497 e. The van der Waals surface area contributed by atoms with Crippen LogP contribution in [0.2, 0.25) is 0 Å². The number of ether oxygens (including phenoxy) is 2. The molecular weight excluding hydrogens is 348 g/mol. The van der Waals surface area contributed by atoms with E-state index in [4.69, 9.17) is 15.2 Å². The fourth-order valence-corrected chi connectivity index (χ4v) is 3.44. The molecule has 0 bridgehead atoms. The number of nitrogens with two attached hydrogens (primary N) is 1. The molecular formula is C19H24N4O4. The minimum atomic E-state index is -0.743. The van der Waals surface area contributed by atoms with Crippen LogP contribution in [0.5, 0.6) is 11.5 Å². The highest BCUT2D eigenvalue weighted by Gasteiger charge is 2.30. The molecule has 2 aromatic rings. The quantitative estimate of drug-likeness (QED) is 0.757. The van der Waals surface area contributed by atoms with Crippen LogP contribution in [-0.2, 0) is 4.79 Å². The van der Waals surface area contributed by atoms with Crippen molar-refractivity contribution >= 4 is 11.7 Å². The first-order valence-corrected chi connectivity index (χ1v) is 8.77. The maximum absolute atomic E-state index is 12.6. The van der Waals surface area contributed by atoms with Gasteiger partial charge in [0.1, 0.15) is 17.3 Å². The molecule has 8 nitrogen and oxygen atoms in total. The van der Waals surface area contributed by atoms with Gasteiger partial charge in [-0.2, -0.15) is 5.10 Å². The van der Waals surface area contributed by atoms with Crippen molar-refractivity contribution in [2.24, 2.45) is 5.73 Å². The van der Waals surface area contributed by atoms with E-state index in [1.807, 2.05) is 0 Å². The van der Waals surface area contributed by atoms with Gasteiger partial charge in [-0.1, -0.05) is 0 Å². The average Bonchev–Trinajstić information content (AvgIpc) is 3.31. The number of Topliss-reactive ketones (excluding diaryl/α,β-unsaturated/α-hetero) is 1. The molecule has 2 atom stereocenters. The number of hydrogen-bond donors (Lipinski definition) is 2. The monoisotopic (exact) mass is 372 g/mol. The number of methoxy groups -OCH3 is 2. The van der Waals surface area contributed by atoms with Crippen LogP contribution in [0.3, 0.4) is 0 Å². The third kappa shape index (κ3) is 3.80. The molecule has 1 aromatic heterocycles. The minimum absolute atomic E-state index is 0.129. The molecule has 8 heteroatoms. The Bertz CT molecular complexity index is 833. The van der Waals surface area contributed by atoms with Crippen LogP contribution in [0.15, 0.2) is 24.4 Å². The van der Waals surface area contributed by atoms with E-state index in [2.05, 4.69) is 10.4 Å². The van der Waals surface area contributed by atoms with Crippen molar-refractivity contribution in [2.75, 3.05) is 27.3 Å². The van der Waals surface area contributed by atoms with E-state index in [1.54, 1.807) is 29.1 Å². The van der Waals surface area contributed by atoms with Crippen molar-refractivity contribution in [2.45, 2.75) is 25.3 Å². The zero-order valence-electron chi connectivity index (χ0n) is 15.7. The summed E-state index contributed by atoms with van der Waals surface area (Å²) in [4.78, 5) is 24.6. The highest BCUT2D eigenvalue weighted by Crippen LogP contribution is 2.33. The predicted octanol–water partition coefficient (Wildman–Crippen LogP) is 1.25. The Morgan fingerprint density at radius 1 is 1.26 bits per heavy atom. The molecule has 1 aliphatic rings. The Morgan fingerprint density at radius 2 is 1.93 bits per heavy atom. The Balaban J connectivity index is 2.12. The summed E-state index contributed by atoms with van der Waals surface area (Å²) in [6.07, 6.45) is 2.54. The van der Waals surface area contributed by atoms with Crippen molar-refractivity contribution in [3.8, 4) is 11.5 Å². The van der Waals surface area contributed by atoms with Crippen molar-refractivity contribution in [3.63, 3.8) is 0 Å². The number of nitrogens with one attached hydrogen (secondary N) is 1. The van der Waals surface area contributed by atoms with E-state index >= 15 is 0 Å². The molecule has 0 aliphatic carbocycles. The molecule has 3 N–H and O–H groups in total. The SMILES string of the molecule is COc1cc(OC)cc(C(C(C)=O)c2nn(C3CCNC3)cc2C(N)=O)c1. The summed E-state index contributed by atoms with van der Waals surface area (Å²) in [6.45, 7) is 3.11. The van der Waals surface area contributed by atoms with E-state index in [1.165, 1.54) is 21.1 Å². The molecule has 1 aliphatic heterocycles. The summed E-state index contributed by atoms with van der Waals surface area (Å²) < 4.78 is 12.4. The van der Waals surface area contributed by atoms with Gasteiger partial charge in [-0.15, -0.1) is 0 Å². The van der Waals surface area contributed by atoms with Crippen LogP contribution in [-0.4, -0.2) is 48.8 Å². The molecule has 1 saturated heterocycles. The number of hydrogen-bond acceptors (Lipinski definition) is 6.